The zero-order valence-electron chi connectivity index (χ0n) is 14.3. The van der Waals surface area contributed by atoms with Crippen LogP contribution in [0.2, 0.25) is 0 Å². The molecule has 0 radical (unpaired) electrons. The molecule has 0 aromatic heterocycles. The zero-order valence-corrected chi connectivity index (χ0v) is 14.3. The number of aliphatic carboxylic acids is 2. The van der Waals surface area contributed by atoms with Crippen molar-refractivity contribution in [3.05, 3.63) is 0 Å². The van der Waals surface area contributed by atoms with E-state index in [0.717, 1.165) is 12.8 Å². The van der Waals surface area contributed by atoms with Crippen LogP contribution in [-0.2, 0) is 9.59 Å². The molecule has 0 rings (SSSR count). The van der Waals surface area contributed by atoms with E-state index in [4.69, 9.17) is 10.2 Å². The molecule has 0 bridgehead atoms. The average Bonchev–Trinajstić information content (AvgIpc) is 2.49. The van der Waals surface area contributed by atoms with E-state index in [9.17, 15) is 14.7 Å². The minimum Gasteiger partial charge on any atom is -0.481 e. The number of hydrogen-bond donors (Lipinski definition) is 4. The van der Waals surface area contributed by atoms with Gasteiger partial charge < -0.3 is 20.6 Å². The summed E-state index contributed by atoms with van der Waals surface area (Å²) in [6.07, 6.45) is 9.47. The lowest BCUT2D eigenvalue weighted by molar-refractivity contribution is -0.140. The van der Waals surface area contributed by atoms with Gasteiger partial charge in [-0.2, -0.15) is 0 Å². The van der Waals surface area contributed by atoms with Gasteiger partial charge in [0.05, 0.1) is 6.10 Å². The maximum atomic E-state index is 11.0. The van der Waals surface area contributed by atoms with Crippen molar-refractivity contribution in [2.24, 2.45) is 0 Å². The third-order valence-electron chi connectivity index (χ3n) is 3.94. The highest BCUT2D eigenvalue weighted by molar-refractivity contribution is 5.75. The summed E-state index contributed by atoms with van der Waals surface area (Å²) in [5.41, 5.74) is 0. The van der Waals surface area contributed by atoms with Gasteiger partial charge in [0.1, 0.15) is 6.04 Å². The molecule has 136 valence electrons. The molecule has 0 amide bonds. The Morgan fingerprint density at radius 3 is 2.00 bits per heavy atom. The summed E-state index contributed by atoms with van der Waals surface area (Å²) >= 11 is 0. The lowest BCUT2D eigenvalue weighted by Crippen LogP contribution is -2.41. The van der Waals surface area contributed by atoms with Crippen molar-refractivity contribution < 1.29 is 24.9 Å². The molecule has 0 aliphatic heterocycles. The van der Waals surface area contributed by atoms with Gasteiger partial charge in [0.2, 0.25) is 0 Å². The van der Waals surface area contributed by atoms with Crippen LogP contribution in [0, 0.1) is 0 Å². The van der Waals surface area contributed by atoms with E-state index in [1.54, 1.807) is 0 Å². The number of rotatable bonds is 16. The highest BCUT2D eigenvalue weighted by Crippen LogP contribution is 2.10. The van der Waals surface area contributed by atoms with Gasteiger partial charge in [-0.1, -0.05) is 58.3 Å². The van der Waals surface area contributed by atoms with Gasteiger partial charge in [0.15, 0.2) is 0 Å². The summed E-state index contributed by atoms with van der Waals surface area (Å²) in [5, 5.41) is 30.2. The van der Waals surface area contributed by atoms with Gasteiger partial charge in [-0.05, 0) is 12.8 Å². The maximum Gasteiger partial charge on any atom is 0.320 e. The van der Waals surface area contributed by atoms with E-state index in [2.05, 4.69) is 12.2 Å². The molecule has 0 aliphatic rings. The van der Waals surface area contributed by atoms with Crippen LogP contribution < -0.4 is 5.32 Å². The second-order valence-corrected chi connectivity index (χ2v) is 6.15. The number of carboxylic acid groups (broad SMARTS) is 2. The molecule has 0 heterocycles. The number of hydrogen-bond acceptors (Lipinski definition) is 4. The molecular formula is C17H33NO5. The van der Waals surface area contributed by atoms with Crippen molar-refractivity contribution in [1.82, 2.24) is 5.32 Å². The molecule has 0 saturated heterocycles. The second kappa shape index (κ2) is 14.5. The minimum absolute atomic E-state index is 0.0230. The topological polar surface area (TPSA) is 107 Å². The lowest BCUT2D eigenvalue weighted by Gasteiger charge is -2.16. The zero-order chi connectivity index (χ0) is 17.5. The Bertz CT molecular complexity index is 322. The Kier molecular flexibility index (Phi) is 13.7. The Labute approximate surface area is 139 Å². The molecule has 0 aromatic carbocycles. The average molecular weight is 331 g/mol. The van der Waals surface area contributed by atoms with Crippen LogP contribution >= 0.6 is 0 Å². The number of nitrogens with one attached hydrogen (secondary N) is 1. The fourth-order valence-corrected chi connectivity index (χ4v) is 2.47. The molecule has 0 aromatic rings. The van der Waals surface area contributed by atoms with Crippen LogP contribution in [0.15, 0.2) is 0 Å². The lowest BCUT2D eigenvalue weighted by atomic mass is 10.1. The molecule has 0 saturated carbocycles. The predicted molar refractivity (Wildman–Crippen MR) is 89.5 cm³/mol. The first kappa shape index (κ1) is 21.9. The first-order valence-corrected chi connectivity index (χ1v) is 8.83. The minimum atomic E-state index is -1.08. The van der Waals surface area contributed by atoms with Gasteiger partial charge in [0, 0.05) is 13.0 Å². The Hall–Kier alpha value is -1.14. The Balaban J connectivity index is 3.65. The third-order valence-corrected chi connectivity index (χ3v) is 3.94. The highest BCUT2D eigenvalue weighted by Gasteiger charge is 2.19. The summed E-state index contributed by atoms with van der Waals surface area (Å²) in [6.45, 7) is 2.39. The maximum absolute atomic E-state index is 11.0. The van der Waals surface area contributed by atoms with Gasteiger partial charge >= 0.3 is 11.9 Å². The van der Waals surface area contributed by atoms with E-state index in [1.807, 2.05) is 0 Å². The fraction of sp³-hybridized carbons (Fsp3) is 0.882. The summed E-state index contributed by atoms with van der Waals surface area (Å²) in [6, 6.07) is -0.917. The van der Waals surface area contributed by atoms with E-state index >= 15 is 0 Å². The quantitative estimate of drug-likeness (QED) is 0.324. The summed E-state index contributed by atoms with van der Waals surface area (Å²) in [7, 11) is 0. The van der Waals surface area contributed by atoms with Crippen LogP contribution in [0.25, 0.3) is 0 Å². The number of carboxylic acids is 2. The summed E-state index contributed by atoms with van der Waals surface area (Å²) in [4.78, 5) is 21.5. The van der Waals surface area contributed by atoms with E-state index in [0.29, 0.717) is 6.42 Å². The highest BCUT2D eigenvalue weighted by atomic mass is 16.4. The molecule has 6 nitrogen and oxygen atoms in total. The first-order valence-electron chi connectivity index (χ1n) is 8.83. The van der Waals surface area contributed by atoms with E-state index in [-0.39, 0.29) is 19.4 Å². The number of aliphatic hydroxyl groups is 1. The van der Waals surface area contributed by atoms with Crippen LogP contribution in [0.5, 0.6) is 0 Å². The van der Waals surface area contributed by atoms with Crippen molar-refractivity contribution in [3.8, 4) is 0 Å². The molecule has 0 spiro atoms. The number of carbonyl (C=O) groups is 2. The fourth-order valence-electron chi connectivity index (χ4n) is 2.47. The van der Waals surface area contributed by atoms with Crippen molar-refractivity contribution in [3.63, 3.8) is 0 Å². The monoisotopic (exact) mass is 331 g/mol. The predicted octanol–water partition coefficient (Wildman–Crippen LogP) is 2.79. The molecule has 2 atom stereocenters. The van der Waals surface area contributed by atoms with Gasteiger partial charge in [-0.15, -0.1) is 0 Å². The van der Waals surface area contributed by atoms with Gasteiger partial charge in [-0.3, -0.25) is 9.59 Å². The number of unbranched alkanes of at least 4 members (excludes halogenated alkanes) is 7. The van der Waals surface area contributed by atoms with Gasteiger partial charge in [-0.25, -0.2) is 0 Å². The number of aliphatic hydroxyl groups excluding tert-OH is 1. The first-order chi connectivity index (χ1) is 11.0. The van der Waals surface area contributed by atoms with E-state index < -0.39 is 24.1 Å². The SMILES string of the molecule is CCCCCCCCCCC(O)CN[C@@H](CCC(=O)O)C(=O)O. The normalized spacial score (nSPS) is 13.7. The van der Waals surface area contributed by atoms with Crippen molar-refractivity contribution in [1.29, 1.82) is 0 Å². The van der Waals surface area contributed by atoms with Crippen molar-refractivity contribution >= 4 is 11.9 Å². The molecule has 1 unspecified atom stereocenters. The summed E-state index contributed by atoms with van der Waals surface area (Å²) in [5.74, 6) is -2.09. The van der Waals surface area contributed by atoms with Crippen LogP contribution in [0.3, 0.4) is 0 Å². The summed E-state index contributed by atoms with van der Waals surface area (Å²) < 4.78 is 0. The van der Waals surface area contributed by atoms with Crippen LogP contribution in [-0.4, -0.2) is 45.9 Å². The second-order valence-electron chi connectivity index (χ2n) is 6.15. The molecule has 6 heteroatoms. The molecule has 0 fully saturated rings. The largest absolute Gasteiger partial charge is 0.481 e. The Morgan fingerprint density at radius 1 is 0.913 bits per heavy atom. The van der Waals surface area contributed by atoms with Crippen LogP contribution in [0.1, 0.15) is 77.6 Å². The van der Waals surface area contributed by atoms with Crippen LogP contribution in [0.4, 0.5) is 0 Å². The van der Waals surface area contributed by atoms with Gasteiger partial charge in [0.25, 0.3) is 0 Å². The van der Waals surface area contributed by atoms with Crippen molar-refractivity contribution in [2.75, 3.05) is 6.54 Å². The molecular weight excluding hydrogens is 298 g/mol. The Morgan fingerprint density at radius 2 is 1.48 bits per heavy atom. The van der Waals surface area contributed by atoms with E-state index in [1.165, 1.54) is 38.5 Å². The molecule has 0 aliphatic carbocycles. The molecule has 4 N–H and O–H groups in total. The van der Waals surface area contributed by atoms with Crippen molar-refractivity contribution in [2.45, 2.75) is 89.7 Å². The standard InChI is InChI=1S/C17H33NO5/c1-2-3-4-5-6-7-8-9-10-14(19)13-18-15(17(22)23)11-12-16(20)21/h14-15,18-19H,2-13H2,1H3,(H,20,21)(H,22,23)/t14?,15-/m0/s1. The molecule has 23 heavy (non-hydrogen) atoms. The third kappa shape index (κ3) is 14.2. The smallest absolute Gasteiger partial charge is 0.320 e.